The molecule has 0 amide bonds. The zero-order chi connectivity index (χ0) is 14.0. The Balaban J connectivity index is 2.09. The summed E-state index contributed by atoms with van der Waals surface area (Å²) in [5.41, 5.74) is 5.02. The number of aromatic nitrogens is 2. The molecule has 0 spiro atoms. The molecule has 7 heteroatoms. The van der Waals surface area contributed by atoms with Crippen LogP contribution in [0.2, 0.25) is 0 Å². The van der Waals surface area contributed by atoms with Crippen LogP contribution in [-0.2, 0) is 12.1 Å². The second-order valence-corrected chi connectivity index (χ2v) is 4.57. The Bertz CT molecular complexity index is 558. The summed E-state index contributed by atoms with van der Waals surface area (Å²) in [4.78, 5) is 3.98. The summed E-state index contributed by atoms with van der Waals surface area (Å²) >= 11 is 0. The van der Waals surface area contributed by atoms with Crippen LogP contribution in [0.4, 0.5) is 8.78 Å². The zero-order valence-electron chi connectivity index (χ0n) is 10.5. The van der Waals surface area contributed by atoms with Gasteiger partial charge in [-0.3, -0.25) is 0 Å². The second kappa shape index (κ2) is 4.93. The molecule has 1 aromatic carbocycles. The number of nitrogens with two attached hydrogens (primary N) is 1. The monoisotopic (exact) mass is 269 g/mol. The lowest BCUT2D eigenvalue weighted by Gasteiger charge is -2.11. The standard InChI is InChI=1S/C12H13F2N3O2/c1-12(2,15)11-16-9(19-17-11)6-18-10-7(13)4-3-5-8(10)14/h3-5H,6,15H2,1-2H3. The zero-order valence-corrected chi connectivity index (χ0v) is 10.5. The minimum absolute atomic E-state index is 0.0937. The van der Waals surface area contributed by atoms with Gasteiger partial charge in [0.05, 0.1) is 5.54 Å². The highest BCUT2D eigenvalue weighted by Gasteiger charge is 2.22. The lowest BCUT2D eigenvalue weighted by atomic mass is 10.1. The van der Waals surface area contributed by atoms with Crippen LogP contribution < -0.4 is 10.5 Å². The van der Waals surface area contributed by atoms with Gasteiger partial charge in [0.1, 0.15) is 0 Å². The van der Waals surface area contributed by atoms with Crippen LogP contribution in [0, 0.1) is 11.6 Å². The van der Waals surface area contributed by atoms with Crippen molar-refractivity contribution in [3.8, 4) is 5.75 Å². The van der Waals surface area contributed by atoms with Gasteiger partial charge in [-0.2, -0.15) is 4.98 Å². The van der Waals surface area contributed by atoms with E-state index in [1.807, 2.05) is 0 Å². The first-order chi connectivity index (χ1) is 8.88. The highest BCUT2D eigenvalue weighted by atomic mass is 19.1. The molecule has 1 aromatic heterocycles. The number of ether oxygens (including phenoxy) is 1. The van der Waals surface area contributed by atoms with Crippen LogP contribution in [0.1, 0.15) is 25.6 Å². The highest BCUT2D eigenvalue weighted by Crippen LogP contribution is 2.22. The molecule has 19 heavy (non-hydrogen) atoms. The molecule has 102 valence electrons. The molecule has 0 radical (unpaired) electrons. The predicted octanol–water partition coefficient (Wildman–Crippen LogP) is 2.12. The van der Waals surface area contributed by atoms with E-state index in [4.69, 9.17) is 15.0 Å². The molecular formula is C12H13F2N3O2. The first kappa shape index (κ1) is 13.4. The topological polar surface area (TPSA) is 74.2 Å². The fraction of sp³-hybridized carbons (Fsp3) is 0.333. The maximum absolute atomic E-state index is 13.3. The fourth-order valence-electron chi connectivity index (χ4n) is 1.33. The third-order valence-electron chi connectivity index (χ3n) is 2.30. The van der Waals surface area contributed by atoms with Gasteiger partial charge in [-0.15, -0.1) is 0 Å². The van der Waals surface area contributed by atoms with Crippen LogP contribution >= 0.6 is 0 Å². The average molecular weight is 269 g/mol. The van der Waals surface area contributed by atoms with Crippen LogP contribution in [0.5, 0.6) is 5.75 Å². The number of rotatable bonds is 4. The van der Waals surface area contributed by atoms with Crippen LogP contribution in [0.15, 0.2) is 22.7 Å². The second-order valence-electron chi connectivity index (χ2n) is 4.57. The number of halogens is 2. The van der Waals surface area contributed by atoms with Crippen molar-refractivity contribution in [1.82, 2.24) is 10.1 Å². The predicted molar refractivity (Wildman–Crippen MR) is 62.2 cm³/mol. The summed E-state index contributed by atoms with van der Waals surface area (Å²) in [7, 11) is 0. The molecule has 0 atom stereocenters. The Morgan fingerprint density at radius 2 is 1.95 bits per heavy atom. The van der Waals surface area contributed by atoms with Crippen molar-refractivity contribution in [1.29, 1.82) is 0 Å². The SMILES string of the molecule is CC(C)(N)c1noc(COc2c(F)cccc2F)n1. The van der Waals surface area contributed by atoms with Gasteiger partial charge in [0.25, 0.3) is 5.89 Å². The normalized spacial score (nSPS) is 11.6. The van der Waals surface area contributed by atoms with Gasteiger partial charge in [0, 0.05) is 0 Å². The van der Waals surface area contributed by atoms with Crippen LogP contribution in [0.25, 0.3) is 0 Å². The quantitative estimate of drug-likeness (QED) is 0.920. The van der Waals surface area contributed by atoms with Gasteiger partial charge >= 0.3 is 0 Å². The van der Waals surface area contributed by atoms with E-state index in [0.29, 0.717) is 5.82 Å². The summed E-state index contributed by atoms with van der Waals surface area (Å²) < 4.78 is 36.5. The molecule has 0 aliphatic heterocycles. The molecule has 0 saturated carbocycles. The molecule has 0 saturated heterocycles. The molecular weight excluding hydrogens is 256 g/mol. The van der Waals surface area contributed by atoms with Gasteiger partial charge in [-0.1, -0.05) is 11.2 Å². The molecule has 0 fully saturated rings. The first-order valence-corrected chi connectivity index (χ1v) is 5.56. The largest absolute Gasteiger partial charge is 0.478 e. The van der Waals surface area contributed by atoms with E-state index in [0.717, 1.165) is 12.1 Å². The van der Waals surface area contributed by atoms with Crippen molar-refractivity contribution in [3.63, 3.8) is 0 Å². The Hall–Kier alpha value is -2.02. The smallest absolute Gasteiger partial charge is 0.264 e. The fourth-order valence-corrected chi connectivity index (χ4v) is 1.33. The minimum atomic E-state index is -0.793. The molecule has 0 aliphatic rings. The number of hydrogen-bond acceptors (Lipinski definition) is 5. The molecule has 2 aromatic rings. The van der Waals surface area contributed by atoms with Crippen molar-refractivity contribution >= 4 is 0 Å². The lowest BCUT2D eigenvalue weighted by Crippen LogP contribution is -2.30. The minimum Gasteiger partial charge on any atom is -0.478 e. The van der Waals surface area contributed by atoms with Crippen LogP contribution in [-0.4, -0.2) is 10.1 Å². The van der Waals surface area contributed by atoms with Crippen molar-refractivity contribution in [2.24, 2.45) is 5.73 Å². The van der Waals surface area contributed by atoms with Crippen LogP contribution in [0.3, 0.4) is 0 Å². The van der Waals surface area contributed by atoms with Gasteiger partial charge in [-0.25, -0.2) is 8.78 Å². The van der Waals surface area contributed by atoms with E-state index in [1.54, 1.807) is 13.8 Å². The lowest BCUT2D eigenvalue weighted by molar-refractivity contribution is 0.224. The third-order valence-corrected chi connectivity index (χ3v) is 2.30. The van der Waals surface area contributed by atoms with Crippen molar-refractivity contribution in [3.05, 3.63) is 41.5 Å². The highest BCUT2D eigenvalue weighted by molar-refractivity contribution is 5.26. The van der Waals surface area contributed by atoms with E-state index in [9.17, 15) is 8.78 Å². The molecule has 2 N–H and O–H groups in total. The van der Waals surface area contributed by atoms with E-state index in [1.165, 1.54) is 6.07 Å². The summed E-state index contributed by atoms with van der Waals surface area (Å²) in [6.07, 6.45) is 0. The summed E-state index contributed by atoms with van der Waals surface area (Å²) in [6.45, 7) is 3.18. The summed E-state index contributed by atoms with van der Waals surface area (Å²) in [6, 6.07) is 3.45. The van der Waals surface area contributed by atoms with E-state index >= 15 is 0 Å². The number of para-hydroxylation sites is 1. The Morgan fingerprint density at radius 3 is 2.47 bits per heavy atom. The van der Waals surface area contributed by atoms with Gasteiger partial charge in [0.15, 0.2) is 29.8 Å². The Kier molecular flexibility index (Phi) is 3.48. The summed E-state index contributed by atoms with van der Waals surface area (Å²) in [5.74, 6) is -1.68. The summed E-state index contributed by atoms with van der Waals surface area (Å²) in [5, 5.41) is 3.67. The average Bonchev–Trinajstić information content (AvgIpc) is 2.77. The maximum atomic E-state index is 13.3. The first-order valence-electron chi connectivity index (χ1n) is 5.56. The Morgan fingerprint density at radius 1 is 1.32 bits per heavy atom. The third kappa shape index (κ3) is 3.05. The van der Waals surface area contributed by atoms with Crippen molar-refractivity contribution in [2.45, 2.75) is 26.0 Å². The van der Waals surface area contributed by atoms with Gasteiger partial charge in [-0.05, 0) is 26.0 Å². The van der Waals surface area contributed by atoms with E-state index < -0.39 is 22.9 Å². The molecule has 0 aliphatic carbocycles. The van der Waals surface area contributed by atoms with Gasteiger partial charge < -0.3 is 15.0 Å². The number of hydrogen-bond donors (Lipinski definition) is 1. The Labute approximate surface area is 108 Å². The molecule has 0 bridgehead atoms. The molecule has 5 nitrogen and oxygen atoms in total. The van der Waals surface area contributed by atoms with E-state index in [2.05, 4.69) is 10.1 Å². The van der Waals surface area contributed by atoms with Gasteiger partial charge in [0.2, 0.25) is 0 Å². The van der Waals surface area contributed by atoms with Crippen molar-refractivity contribution in [2.75, 3.05) is 0 Å². The molecule has 0 unspecified atom stereocenters. The molecule has 2 rings (SSSR count). The van der Waals surface area contributed by atoms with Crippen molar-refractivity contribution < 1.29 is 18.0 Å². The number of nitrogens with zero attached hydrogens (tertiary/aromatic N) is 2. The van der Waals surface area contributed by atoms with E-state index in [-0.39, 0.29) is 12.5 Å². The number of benzene rings is 1. The maximum Gasteiger partial charge on any atom is 0.264 e. The molecule has 1 heterocycles.